The Balaban J connectivity index is 2.26. The number of rotatable bonds is 2. The lowest BCUT2D eigenvalue weighted by Crippen LogP contribution is -2.42. The molecule has 19 heavy (non-hydrogen) atoms. The Morgan fingerprint density at radius 3 is 2.37 bits per heavy atom. The van der Waals surface area contributed by atoms with Gasteiger partial charge in [-0.15, -0.1) is 0 Å². The van der Waals surface area contributed by atoms with E-state index in [1.54, 1.807) is 0 Å². The third kappa shape index (κ3) is 2.94. The fourth-order valence-electron chi connectivity index (χ4n) is 3.15. The van der Waals surface area contributed by atoms with Crippen LogP contribution in [0.15, 0.2) is 18.2 Å². The molecule has 0 bridgehead atoms. The van der Waals surface area contributed by atoms with Crippen LogP contribution in [0.1, 0.15) is 51.2 Å². The summed E-state index contributed by atoms with van der Waals surface area (Å²) in [5.41, 5.74) is 10.5. The topological polar surface area (TPSA) is 29.3 Å². The van der Waals surface area contributed by atoms with Gasteiger partial charge in [0.1, 0.15) is 0 Å². The molecule has 0 heterocycles. The van der Waals surface area contributed by atoms with E-state index in [4.69, 9.17) is 5.73 Å². The maximum Gasteiger partial charge on any atom is 0.0437 e. The average molecular weight is 260 g/mol. The molecule has 0 aliphatic heterocycles. The van der Waals surface area contributed by atoms with E-state index in [0.717, 1.165) is 6.42 Å². The third-order valence-electron chi connectivity index (χ3n) is 4.47. The number of hydrogen-bond acceptors (Lipinski definition) is 2. The molecule has 0 spiro atoms. The monoisotopic (exact) mass is 260 g/mol. The van der Waals surface area contributed by atoms with Gasteiger partial charge in [-0.3, -0.25) is 0 Å². The molecule has 2 rings (SSSR count). The summed E-state index contributed by atoms with van der Waals surface area (Å²) in [5, 5.41) is 0. The Kier molecular flexibility index (Phi) is 3.91. The Labute approximate surface area is 118 Å². The predicted octanol–water partition coefficient (Wildman–Crippen LogP) is 3.61. The van der Waals surface area contributed by atoms with E-state index in [1.807, 2.05) is 0 Å². The van der Waals surface area contributed by atoms with Gasteiger partial charge in [-0.25, -0.2) is 0 Å². The van der Waals surface area contributed by atoms with E-state index in [2.05, 4.69) is 57.8 Å². The van der Waals surface area contributed by atoms with Crippen molar-refractivity contribution in [2.24, 2.45) is 5.73 Å². The summed E-state index contributed by atoms with van der Waals surface area (Å²) >= 11 is 0. The zero-order valence-corrected chi connectivity index (χ0v) is 13.0. The second-order valence-electron chi connectivity index (χ2n) is 7.02. The van der Waals surface area contributed by atoms with Crippen LogP contribution in [0.4, 0.5) is 5.69 Å². The lowest BCUT2D eigenvalue weighted by atomic mass is 9.86. The first-order valence-electron chi connectivity index (χ1n) is 7.40. The van der Waals surface area contributed by atoms with Crippen molar-refractivity contribution in [1.29, 1.82) is 0 Å². The SMILES string of the molecule is Cc1cc(C(C)(C)C)ccc1N(C)C1CCCC1N. The van der Waals surface area contributed by atoms with Crippen molar-refractivity contribution >= 4 is 5.69 Å². The fraction of sp³-hybridized carbons (Fsp3) is 0.647. The molecule has 2 atom stereocenters. The summed E-state index contributed by atoms with van der Waals surface area (Å²) in [6, 6.07) is 7.68. The minimum absolute atomic E-state index is 0.214. The van der Waals surface area contributed by atoms with Crippen LogP contribution in [-0.2, 0) is 5.41 Å². The molecule has 0 amide bonds. The Morgan fingerprint density at radius 2 is 1.89 bits per heavy atom. The molecule has 1 fully saturated rings. The highest BCUT2D eigenvalue weighted by atomic mass is 15.2. The predicted molar refractivity (Wildman–Crippen MR) is 83.9 cm³/mol. The Bertz CT molecular complexity index is 445. The number of hydrogen-bond donors (Lipinski definition) is 1. The van der Waals surface area contributed by atoms with Gasteiger partial charge in [0.25, 0.3) is 0 Å². The van der Waals surface area contributed by atoms with Crippen molar-refractivity contribution in [3.8, 4) is 0 Å². The quantitative estimate of drug-likeness (QED) is 0.880. The largest absolute Gasteiger partial charge is 0.370 e. The van der Waals surface area contributed by atoms with Gasteiger partial charge in [-0.2, -0.15) is 0 Å². The van der Waals surface area contributed by atoms with Crippen molar-refractivity contribution in [3.05, 3.63) is 29.3 Å². The first-order chi connectivity index (χ1) is 8.80. The molecule has 1 aromatic rings. The molecule has 2 N–H and O–H groups in total. The van der Waals surface area contributed by atoms with E-state index in [9.17, 15) is 0 Å². The van der Waals surface area contributed by atoms with Crippen LogP contribution in [0, 0.1) is 6.92 Å². The van der Waals surface area contributed by atoms with Crippen LogP contribution >= 0.6 is 0 Å². The second-order valence-corrected chi connectivity index (χ2v) is 7.02. The molecule has 2 heteroatoms. The summed E-state index contributed by atoms with van der Waals surface area (Å²) in [7, 11) is 2.19. The van der Waals surface area contributed by atoms with Crippen molar-refractivity contribution in [1.82, 2.24) is 0 Å². The lowest BCUT2D eigenvalue weighted by Gasteiger charge is -2.32. The minimum atomic E-state index is 0.214. The summed E-state index contributed by atoms with van der Waals surface area (Å²) in [6.07, 6.45) is 3.64. The first-order valence-corrected chi connectivity index (χ1v) is 7.40. The standard InChI is InChI=1S/C17H28N2/c1-12-11-13(17(2,3)4)9-10-15(12)19(5)16-8-6-7-14(16)18/h9-11,14,16H,6-8,18H2,1-5H3. The number of aryl methyl sites for hydroxylation is 1. The van der Waals surface area contributed by atoms with Crippen molar-refractivity contribution in [3.63, 3.8) is 0 Å². The first kappa shape index (κ1) is 14.4. The van der Waals surface area contributed by atoms with Crippen LogP contribution in [0.25, 0.3) is 0 Å². The van der Waals surface area contributed by atoms with E-state index in [1.165, 1.54) is 29.7 Å². The van der Waals surface area contributed by atoms with Crippen LogP contribution in [0.5, 0.6) is 0 Å². The third-order valence-corrected chi connectivity index (χ3v) is 4.47. The van der Waals surface area contributed by atoms with Gasteiger partial charge in [0.05, 0.1) is 0 Å². The lowest BCUT2D eigenvalue weighted by molar-refractivity contribution is 0.570. The van der Waals surface area contributed by atoms with Crippen molar-refractivity contribution in [2.45, 2.75) is 64.5 Å². The number of benzene rings is 1. The van der Waals surface area contributed by atoms with Gasteiger partial charge >= 0.3 is 0 Å². The highest BCUT2D eigenvalue weighted by molar-refractivity contribution is 5.55. The van der Waals surface area contributed by atoms with Gasteiger partial charge in [0.15, 0.2) is 0 Å². The number of nitrogens with zero attached hydrogens (tertiary/aromatic N) is 1. The summed E-state index contributed by atoms with van der Waals surface area (Å²) in [4.78, 5) is 2.39. The van der Waals surface area contributed by atoms with E-state index in [-0.39, 0.29) is 5.41 Å². The summed E-state index contributed by atoms with van der Waals surface area (Å²) in [6.45, 7) is 9.00. The van der Waals surface area contributed by atoms with Gasteiger partial charge < -0.3 is 10.6 Å². The molecule has 2 nitrogen and oxygen atoms in total. The molecule has 0 aromatic heterocycles. The minimum Gasteiger partial charge on any atom is -0.370 e. The van der Waals surface area contributed by atoms with Gasteiger partial charge in [-0.05, 0) is 48.8 Å². The highest BCUT2D eigenvalue weighted by Gasteiger charge is 2.28. The molecular formula is C17H28N2. The van der Waals surface area contributed by atoms with E-state index < -0.39 is 0 Å². The van der Waals surface area contributed by atoms with Crippen LogP contribution in [-0.4, -0.2) is 19.1 Å². The highest BCUT2D eigenvalue weighted by Crippen LogP contribution is 2.31. The fourth-order valence-corrected chi connectivity index (χ4v) is 3.15. The molecule has 1 aliphatic rings. The van der Waals surface area contributed by atoms with Crippen molar-refractivity contribution in [2.75, 3.05) is 11.9 Å². The van der Waals surface area contributed by atoms with Crippen LogP contribution in [0.3, 0.4) is 0 Å². The normalized spacial score (nSPS) is 23.7. The van der Waals surface area contributed by atoms with Gasteiger partial charge in [0.2, 0.25) is 0 Å². The van der Waals surface area contributed by atoms with Crippen molar-refractivity contribution < 1.29 is 0 Å². The Morgan fingerprint density at radius 1 is 1.21 bits per heavy atom. The van der Waals surface area contributed by atoms with Crippen LogP contribution in [0.2, 0.25) is 0 Å². The van der Waals surface area contributed by atoms with E-state index >= 15 is 0 Å². The maximum absolute atomic E-state index is 6.22. The average Bonchev–Trinajstić information content (AvgIpc) is 2.73. The van der Waals surface area contributed by atoms with Crippen LogP contribution < -0.4 is 10.6 Å². The second kappa shape index (κ2) is 5.16. The Hall–Kier alpha value is -1.02. The van der Waals surface area contributed by atoms with E-state index in [0.29, 0.717) is 12.1 Å². The molecule has 106 valence electrons. The molecular weight excluding hydrogens is 232 g/mol. The maximum atomic E-state index is 6.22. The zero-order chi connectivity index (χ0) is 14.2. The summed E-state index contributed by atoms with van der Waals surface area (Å²) in [5.74, 6) is 0. The molecule has 0 saturated heterocycles. The molecule has 1 aromatic carbocycles. The smallest absolute Gasteiger partial charge is 0.0437 e. The molecule has 2 unspecified atom stereocenters. The molecule has 1 aliphatic carbocycles. The molecule has 1 saturated carbocycles. The van der Waals surface area contributed by atoms with Gasteiger partial charge in [-0.1, -0.05) is 32.9 Å². The number of likely N-dealkylation sites (N-methyl/N-ethyl adjacent to an activating group) is 1. The summed E-state index contributed by atoms with van der Waals surface area (Å²) < 4.78 is 0. The molecule has 0 radical (unpaired) electrons. The number of anilines is 1. The number of nitrogens with two attached hydrogens (primary N) is 1. The zero-order valence-electron chi connectivity index (χ0n) is 13.0. The van der Waals surface area contributed by atoms with Gasteiger partial charge in [0, 0.05) is 24.8 Å².